The van der Waals surface area contributed by atoms with Gasteiger partial charge in [0.1, 0.15) is 0 Å². The average Bonchev–Trinajstić information content (AvgIpc) is 2.92. The number of nitrogens with one attached hydrogen (secondary N) is 1. The lowest BCUT2D eigenvalue weighted by Crippen LogP contribution is -2.14. The molecule has 0 radical (unpaired) electrons. The second-order valence-electron chi connectivity index (χ2n) is 5.04. The van der Waals surface area contributed by atoms with Gasteiger partial charge < -0.3 is 10.1 Å². The molecule has 0 aromatic heterocycles. The molecule has 1 aromatic rings. The Morgan fingerprint density at radius 1 is 1.39 bits per heavy atom. The van der Waals surface area contributed by atoms with Crippen LogP contribution >= 0.6 is 0 Å². The van der Waals surface area contributed by atoms with Gasteiger partial charge in [-0.2, -0.15) is 0 Å². The van der Waals surface area contributed by atoms with Crippen molar-refractivity contribution in [2.24, 2.45) is 4.99 Å². The van der Waals surface area contributed by atoms with E-state index in [0.717, 1.165) is 26.1 Å². The van der Waals surface area contributed by atoms with Gasteiger partial charge in [-0.05, 0) is 31.2 Å². The molecule has 0 saturated carbocycles. The monoisotopic (exact) mass is 244 g/mol. The maximum Gasteiger partial charge on any atom is 0.0771 e. The van der Waals surface area contributed by atoms with E-state index in [0.29, 0.717) is 6.10 Å². The fourth-order valence-corrected chi connectivity index (χ4v) is 2.70. The number of para-hydroxylation sites is 1. The summed E-state index contributed by atoms with van der Waals surface area (Å²) in [5, 5.41) is 3.49. The topological polar surface area (TPSA) is 33.6 Å². The molecule has 1 aromatic carbocycles. The van der Waals surface area contributed by atoms with Crippen LogP contribution in [0.5, 0.6) is 0 Å². The van der Waals surface area contributed by atoms with Crippen molar-refractivity contribution in [3.05, 3.63) is 29.3 Å². The Balaban J connectivity index is 1.69. The summed E-state index contributed by atoms with van der Waals surface area (Å²) >= 11 is 0. The molecule has 2 aliphatic heterocycles. The molecule has 96 valence electrons. The van der Waals surface area contributed by atoms with Crippen LogP contribution in [-0.2, 0) is 11.2 Å². The van der Waals surface area contributed by atoms with Crippen LogP contribution < -0.4 is 5.32 Å². The van der Waals surface area contributed by atoms with E-state index in [-0.39, 0.29) is 0 Å². The number of hydrogen-bond donors (Lipinski definition) is 1. The number of benzene rings is 1. The Bertz CT molecular complexity index is 436. The summed E-state index contributed by atoms with van der Waals surface area (Å²) in [6, 6.07) is 6.47. The van der Waals surface area contributed by atoms with Crippen molar-refractivity contribution in [1.82, 2.24) is 0 Å². The van der Waals surface area contributed by atoms with Crippen LogP contribution in [-0.4, -0.2) is 32.0 Å². The summed E-state index contributed by atoms with van der Waals surface area (Å²) in [4.78, 5) is 4.54. The van der Waals surface area contributed by atoms with Crippen molar-refractivity contribution in [3.8, 4) is 0 Å². The molecule has 1 saturated heterocycles. The first-order chi connectivity index (χ1) is 8.93. The van der Waals surface area contributed by atoms with Crippen LogP contribution in [0.25, 0.3) is 0 Å². The summed E-state index contributed by atoms with van der Waals surface area (Å²) in [5.41, 5.74) is 3.91. The van der Waals surface area contributed by atoms with Gasteiger partial charge in [0.05, 0.1) is 12.6 Å². The first-order valence-electron chi connectivity index (χ1n) is 6.91. The predicted octanol–water partition coefficient (Wildman–Crippen LogP) is 2.64. The largest absolute Gasteiger partial charge is 0.384 e. The lowest BCUT2D eigenvalue weighted by atomic mass is 10.00. The van der Waals surface area contributed by atoms with Crippen molar-refractivity contribution < 1.29 is 4.74 Å². The summed E-state index contributed by atoms with van der Waals surface area (Å²) in [5.74, 6) is 0. The van der Waals surface area contributed by atoms with E-state index in [2.05, 4.69) is 28.5 Å². The maximum atomic E-state index is 5.57. The highest BCUT2D eigenvalue weighted by atomic mass is 16.5. The molecule has 0 aliphatic carbocycles. The van der Waals surface area contributed by atoms with Gasteiger partial charge in [-0.25, -0.2) is 0 Å². The first-order valence-corrected chi connectivity index (χ1v) is 6.91. The van der Waals surface area contributed by atoms with Crippen LogP contribution in [0.2, 0.25) is 0 Å². The molecule has 2 heterocycles. The van der Waals surface area contributed by atoms with Gasteiger partial charge in [-0.1, -0.05) is 18.2 Å². The van der Waals surface area contributed by atoms with Crippen LogP contribution in [0, 0.1) is 0 Å². The van der Waals surface area contributed by atoms with Crippen LogP contribution in [0.15, 0.2) is 23.2 Å². The van der Waals surface area contributed by atoms with E-state index < -0.39 is 0 Å². The van der Waals surface area contributed by atoms with E-state index in [1.807, 2.05) is 6.21 Å². The zero-order valence-electron chi connectivity index (χ0n) is 10.7. The third kappa shape index (κ3) is 2.56. The summed E-state index contributed by atoms with van der Waals surface area (Å²) in [6.07, 6.45) is 7.08. The van der Waals surface area contributed by atoms with E-state index in [9.17, 15) is 0 Å². The second-order valence-corrected chi connectivity index (χ2v) is 5.04. The molecule has 3 rings (SSSR count). The predicted molar refractivity (Wildman–Crippen MR) is 74.7 cm³/mol. The second kappa shape index (κ2) is 5.53. The van der Waals surface area contributed by atoms with Crippen molar-refractivity contribution in [1.29, 1.82) is 0 Å². The Kier molecular flexibility index (Phi) is 3.60. The Morgan fingerprint density at radius 2 is 2.39 bits per heavy atom. The molecule has 0 amide bonds. The highest BCUT2D eigenvalue weighted by Crippen LogP contribution is 2.24. The number of fused-ring (bicyclic) bond motifs is 1. The van der Waals surface area contributed by atoms with Crippen LogP contribution in [0.3, 0.4) is 0 Å². The minimum atomic E-state index is 0.341. The van der Waals surface area contributed by atoms with Gasteiger partial charge in [-0.3, -0.25) is 4.99 Å². The van der Waals surface area contributed by atoms with Gasteiger partial charge >= 0.3 is 0 Å². The standard InChI is InChI=1S/C15H20N2O/c1-4-12-6-2-8-17-15(12)13(5-1)10-16-11-14-7-3-9-18-14/h1,4-5,10,14,17H,2-3,6-9,11H2. The maximum absolute atomic E-state index is 5.57. The number of aryl methyl sites for hydroxylation is 1. The van der Waals surface area contributed by atoms with Crippen molar-refractivity contribution in [3.63, 3.8) is 0 Å². The minimum absolute atomic E-state index is 0.341. The van der Waals surface area contributed by atoms with E-state index in [4.69, 9.17) is 4.74 Å². The van der Waals surface area contributed by atoms with Gasteiger partial charge in [0.25, 0.3) is 0 Å². The van der Waals surface area contributed by atoms with E-state index in [1.54, 1.807) is 0 Å². The fourth-order valence-electron chi connectivity index (χ4n) is 2.70. The van der Waals surface area contributed by atoms with Crippen molar-refractivity contribution >= 4 is 11.9 Å². The first kappa shape index (κ1) is 11.7. The lowest BCUT2D eigenvalue weighted by Gasteiger charge is -2.19. The van der Waals surface area contributed by atoms with Crippen LogP contribution in [0.1, 0.15) is 30.4 Å². The zero-order chi connectivity index (χ0) is 12.2. The number of hydrogen-bond acceptors (Lipinski definition) is 3. The van der Waals surface area contributed by atoms with Crippen molar-refractivity contribution in [2.45, 2.75) is 31.8 Å². The molecule has 3 nitrogen and oxygen atoms in total. The molecule has 1 fully saturated rings. The third-order valence-electron chi connectivity index (χ3n) is 3.67. The minimum Gasteiger partial charge on any atom is -0.384 e. The number of anilines is 1. The average molecular weight is 244 g/mol. The fraction of sp³-hybridized carbons (Fsp3) is 0.533. The highest BCUT2D eigenvalue weighted by Gasteiger charge is 2.14. The normalized spacial score (nSPS) is 23.0. The number of ether oxygens (including phenoxy) is 1. The quantitative estimate of drug-likeness (QED) is 0.829. The molecule has 0 bridgehead atoms. The van der Waals surface area contributed by atoms with Gasteiger partial charge in [0.2, 0.25) is 0 Å². The van der Waals surface area contributed by atoms with Gasteiger partial charge in [0, 0.05) is 30.6 Å². The Hall–Kier alpha value is -1.35. The Morgan fingerprint density at radius 3 is 3.28 bits per heavy atom. The molecule has 2 aliphatic rings. The SMILES string of the molecule is C(=NCC1CCCO1)c1cccc2c1NCCC2. The molecule has 18 heavy (non-hydrogen) atoms. The number of rotatable bonds is 3. The molecule has 0 spiro atoms. The number of aliphatic imine (C=N–C) groups is 1. The molecular formula is C15H20N2O. The van der Waals surface area contributed by atoms with Gasteiger partial charge in [-0.15, -0.1) is 0 Å². The number of nitrogens with zero attached hydrogens (tertiary/aromatic N) is 1. The van der Waals surface area contributed by atoms with E-state index >= 15 is 0 Å². The Labute approximate surface area is 108 Å². The molecular weight excluding hydrogens is 224 g/mol. The summed E-state index contributed by atoms with van der Waals surface area (Å²) < 4.78 is 5.57. The summed E-state index contributed by atoms with van der Waals surface area (Å²) in [6.45, 7) is 2.77. The third-order valence-corrected chi connectivity index (χ3v) is 3.67. The van der Waals surface area contributed by atoms with Crippen molar-refractivity contribution in [2.75, 3.05) is 25.0 Å². The molecule has 1 atom stereocenters. The highest BCUT2D eigenvalue weighted by molar-refractivity contribution is 5.89. The van der Waals surface area contributed by atoms with E-state index in [1.165, 1.54) is 36.1 Å². The smallest absolute Gasteiger partial charge is 0.0771 e. The van der Waals surface area contributed by atoms with Gasteiger partial charge in [0.15, 0.2) is 0 Å². The molecule has 1 unspecified atom stereocenters. The molecule has 3 heteroatoms. The zero-order valence-corrected chi connectivity index (χ0v) is 10.7. The molecule has 1 N–H and O–H groups in total. The van der Waals surface area contributed by atoms with Crippen LogP contribution in [0.4, 0.5) is 5.69 Å². The lowest BCUT2D eigenvalue weighted by molar-refractivity contribution is 0.118. The summed E-state index contributed by atoms with van der Waals surface area (Å²) in [7, 11) is 0.